The molecule has 3 aromatic rings. The molecule has 0 aliphatic heterocycles. The van der Waals surface area contributed by atoms with Crippen molar-refractivity contribution in [2.45, 2.75) is 27.2 Å². The van der Waals surface area contributed by atoms with E-state index in [0.717, 1.165) is 16.7 Å². The van der Waals surface area contributed by atoms with Crippen LogP contribution in [0.5, 0.6) is 5.75 Å². The Morgan fingerprint density at radius 2 is 1.92 bits per heavy atom. The Bertz CT molecular complexity index is 988. The molecule has 0 radical (unpaired) electrons. The molecular formula is C19H17NO4. The fourth-order valence-corrected chi connectivity index (χ4v) is 2.32. The molecule has 1 heterocycles. The fraction of sp³-hybridized carbons (Fsp3) is 0.211. The number of hydrogen-bond acceptors (Lipinski definition) is 5. The molecule has 0 fully saturated rings. The van der Waals surface area contributed by atoms with E-state index >= 15 is 0 Å². The molecule has 0 N–H and O–H groups in total. The molecule has 0 unspecified atom stereocenters. The fourth-order valence-electron chi connectivity index (χ4n) is 2.32. The van der Waals surface area contributed by atoms with Gasteiger partial charge in [0, 0.05) is 12.0 Å². The minimum absolute atomic E-state index is 0.261. The lowest BCUT2D eigenvalue weighted by atomic mass is 10.1. The zero-order valence-corrected chi connectivity index (χ0v) is 13.8. The maximum atomic E-state index is 12.3. The number of carbonyl (C=O) groups is 1. The average molecular weight is 323 g/mol. The molecule has 2 aromatic carbocycles. The molecule has 0 aliphatic rings. The lowest BCUT2D eigenvalue weighted by Gasteiger charge is -2.06. The first-order chi connectivity index (χ1) is 11.5. The summed E-state index contributed by atoms with van der Waals surface area (Å²) in [6.07, 6.45) is 0.261. The van der Waals surface area contributed by atoms with E-state index in [1.165, 1.54) is 6.07 Å². The average Bonchev–Trinajstić information content (AvgIpc) is 2.57. The Morgan fingerprint density at radius 3 is 2.62 bits per heavy atom. The molecular weight excluding hydrogens is 306 g/mol. The number of hydrogen-bond donors (Lipinski definition) is 0. The van der Waals surface area contributed by atoms with Crippen LogP contribution >= 0.6 is 0 Å². The zero-order chi connectivity index (χ0) is 17.3. The molecule has 0 spiro atoms. The molecule has 0 amide bonds. The van der Waals surface area contributed by atoms with E-state index in [0.29, 0.717) is 11.3 Å². The van der Waals surface area contributed by atoms with Crippen molar-refractivity contribution in [3.8, 4) is 17.2 Å². The molecule has 3 rings (SSSR count). The van der Waals surface area contributed by atoms with Crippen LogP contribution < -0.4 is 10.4 Å². The van der Waals surface area contributed by atoms with Gasteiger partial charge in [-0.05, 0) is 55.3 Å². The highest BCUT2D eigenvalue weighted by atomic mass is 16.5. The van der Waals surface area contributed by atoms with Crippen LogP contribution in [0.3, 0.4) is 0 Å². The van der Waals surface area contributed by atoms with Gasteiger partial charge in [0.2, 0.25) is 5.89 Å². The topological polar surface area (TPSA) is 69.4 Å². The number of ether oxygens (including phenoxy) is 1. The monoisotopic (exact) mass is 323 g/mol. The minimum atomic E-state index is -0.511. The molecule has 0 bridgehead atoms. The summed E-state index contributed by atoms with van der Waals surface area (Å²) in [7, 11) is 0. The van der Waals surface area contributed by atoms with Crippen LogP contribution in [0.15, 0.2) is 45.6 Å². The van der Waals surface area contributed by atoms with Gasteiger partial charge >= 0.3 is 11.6 Å². The lowest BCUT2D eigenvalue weighted by Crippen LogP contribution is -2.07. The van der Waals surface area contributed by atoms with Crippen molar-refractivity contribution in [1.82, 2.24) is 4.98 Å². The number of carbonyl (C=O) groups excluding carboxylic acids is 1. The third-order valence-corrected chi connectivity index (χ3v) is 3.87. The van der Waals surface area contributed by atoms with Gasteiger partial charge < -0.3 is 9.15 Å². The van der Waals surface area contributed by atoms with Gasteiger partial charge in [-0.25, -0.2) is 9.78 Å². The second-order valence-electron chi connectivity index (χ2n) is 5.61. The van der Waals surface area contributed by atoms with Gasteiger partial charge in [-0.15, -0.1) is 0 Å². The maximum Gasteiger partial charge on any atom is 0.347 e. The largest absolute Gasteiger partial charge is 0.427 e. The second-order valence-corrected chi connectivity index (χ2v) is 5.61. The number of benzene rings is 2. The SMILES string of the molecule is CCC(=O)Oc1ccc2nc(-c3ccc(C)c(C)c3)oc(=O)c2c1. The number of nitrogens with zero attached hydrogens (tertiary/aromatic N) is 1. The van der Waals surface area contributed by atoms with Crippen LogP contribution in [-0.4, -0.2) is 11.0 Å². The van der Waals surface area contributed by atoms with Crippen LogP contribution in [0.25, 0.3) is 22.4 Å². The summed E-state index contributed by atoms with van der Waals surface area (Å²) in [5.74, 6) is 0.217. The first-order valence-corrected chi connectivity index (χ1v) is 7.71. The zero-order valence-electron chi connectivity index (χ0n) is 13.8. The smallest absolute Gasteiger partial charge is 0.347 e. The highest BCUT2D eigenvalue weighted by Gasteiger charge is 2.11. The van der Waals surface area contributed by atoms with E-state index in [-0.39, 0.29) is 23.7 Å². The molecule has 5 heteroatoms. The molecule has 5 nitrogen and oxygen atoms in total. The van der Waals surface area contributed by atoms with E-state index in [9.17, 15) is 9.59 Å². The summed E-state index contributed by atoms with van der Waals surface area (Å²) < 4.78 is 10.5. The summed E-state index contributed by atoms with van der Waals surface area (Å²) in [4.78, 5) is 28.1. The van der Waals surface area contributed by atoms with Crippen molar-refractivity contribution < 1.29 is 13.9 Å². The Kier molecular flexibility index (Phi) is 4.16. The van der Waals surface area contributed by atoms with Gasteiger partial charge in [0.05, 0.1) is 10.9 Å². The summed E-state index contributed by atoms with van der Waals surface area (Å²) in [6, 6.07) is 10.5. The number of fused-ring (bicyclic) bond motifs is 1. The van der Waals surface area contributed by atoms with Gasteiger partial charge in [0.1, 0.15) is 5.75 Å². The summed E-state index contributed by atoms with van der Waals surface area (Å²) >= 11 is 0. The van der Waals surface area contributed by atoms with Gasteiger partial charge in [0.15, 0.2) is 0 Å². The number of esters is 1. The molecule has 0 saturated heterocycles. The highest BCUT2D eigenvalue weighted by molar-refractivity contribution is 5.81. The second kappa shape index (κ2) is 6.28. The van der Waals surface area contributed by atoms with Crippen molar-refractivity contribution >= 4 is 16.9 Å². The Morgan fingerprint density at radius 1 is 1.12 bits per heavy atom. The van der Waals surface area contributed by atoms with Crippen LogP contribution in [0.4, 0.5) is 0 Å². The van der Waals surface area contributed by atoms with Gasteiger partial charge in [-0.3, -0.25) is 4.79 Å². The molecule has 0 atom stereocenters. The Labute approximate surface area is 138 Å². The predicted octanol–water partition coefficient (Wildman–Crippen LogP) is 3.79. The number of rotatable bonds is 3. The van der Waals surface area contributed by atoms with Gasteiger partial charge in [-0.2, -0.15) is 0 Å². The first kappa shape index (κ1) is 15.9. The number of aromatic nitrogens is 1. The molecule has 122 valence electrons. The van der Waals surface area contributed by atoms with Crippen LogP contribution in [0.2, 0.25) is 0 Å². The van der Waals surface area contributed by atoms with Crippen LogP contribution in [0, 0.1) is 13.8 Å². The molecule has 0 saturated carbocycles. The standard InChI is InChI=1S/C19H17NO4/c1-4-17(21)23-14-7-8-16-15(10-14)19(22)24-18(20-16)13-6-5-11(2)12(3)9-13/h5-10H,4H2,1-3H3. The highest BCUT2D eigenvalue weighted by Crippen LogP contribution is 2.23. The Hall–Kier alpha value is -2.95. The van der Waals surface area contributed by atoms with Crippen molar-refractivity contribution in [3.63, 3.8) is 0 Å². The molecule has 1 aromatic heterocycles. The number of aryl methyl sites for hydroxylation is 2. The van der Waals surface area contributed by atoms with Crippen molar-refractivity contribution in [2.24, 2.45) is 0 Å². The third kappa shape index (κ3) is 3.06. The van der Waals surface area contributed by atoms with Gasteiger partial charge in [-0.1, -0.05) is 13.0 Å². The quantitative estimate of drug-likeness (QED) is 0.542. The van der Waals surface area contributed by atoms with E-state index in [2.05, 4.69) is 4.98 Å². The predicted molar refractivity (Wildman–Crippen MR) is 91.1 cm³/mol. The third-order valence-electron chi connectivity index (χ3n) is 3.87. The summed E-state index contributed by atoms with van der Waals surface area (Å²) in [5.41, 5.74) is 2.99. The van der Waals surface area contributed by atoms with E-state index < -0.39 is 5.63 Å². The summed E-state index contributed by atoms with van der Waals surface area (Å²) in [6.45, 7) is 5.71. The molecule has 0 aliphatic carbocycles. The normalized spacial score (nSPS) is 10.8. The van der Waals surface area contributed by atoms with Crippen molar-refractivity contribution in [3.05, 3.63) is 57.9 Å². The Balaban J connectivity index is 2.07. The van der Waals surface area contributed by atoms with E-state index in [1.54, 1.807) is 19.1 Å². The van der Waals surface area contributed by atoms with Crippen LogP contribution in [0.1, 0.15) is 24.5 Å². The van der Waals surface area contributed by atoms with Crippen molar-refractivity contribution in [1.29, 1.82) is 0 Å². The van der Waals surface area contributed by atoms with E-state index in [1.807, 2.05) is 32.0 Å². The lowest BCUT2D eigenvalue weighted by molar-refractivity contribution is -0.134. The first-order valence-electron chi connectivity index (χ1n) is 7.71. The molecule has 24 heavy (non-hydrogen) atoms. The van der Waals surface area contributed by atoms with Gasteiger partial charge in [0.25, 0.3) is 0 Å². The van der Waals surface area contributed by atoms with E-state index in [4.69, 9.17) is 9.15 Å². The maximum absolute atomic E-state index is 12.3. The van der Waals surface area contributed by atoms with Crippen molar-refractivity contribution in [2.75, 3.05) is 0 Å². The van der Waals surface area contributed by atoms with Crippen LogP contribution in [-0.2, 0) is 4.79 Å². The minimum Gasteiger partial charge on any atom is -0.427 e. The summed E-state index contributed by atoms with van der Waals surface area (Å²) in [5, 5.41) is 0.281.